The monoisotopic (exact) mass is 216 g/mol. The molecule has 3 heteroatoms. The summed E-state index contributed by atoms with van der Waals surface area (Å²) in [6, 6.07) is 16.5. The van der Waals surface area contributed by atoms with E-state index in [9.17, 15) is 8.63 Å². The van der Waals surface area contributed by atoms with Crippen molar-refractivity contribution < 1.29 is 8.63 Å². The van der Waals surface area contributed by atoms with E-state index in [2.05, 4.69) is 0 Å². The minimum absolute atomic E-state index is 0.0804. The second-order valence-electron chi connectivity index (χ2n) is 3.70. The molecule has 0 aliphatic heterocycles. The molecule has 0 unspecified atom stereocenters. The van der Waals surface area contributed by atoms with Crippen LogP contribution in [0, 0.1) is 0 Å². The van der Waals surface area contributed by atoms with Crippen molar-refractivity contribution in [1.82, 2.24) is 0 Å². The summed E-state index contributed by atoms with van der Waals surface area (Å²) in [5.74, 6) is 0. The van der Waals surface area contributed by atoms with Gasteiger partial charge in [0.15, 0.2) is 0 Å². The van der Waals surface area contributed by atoms with Gasteiger partial charge in [0.2, 0.25) is 0 Å². The molecule has 0 nitrogen and oxygen atoms in total. The van der Waals surface area contributed by atoms with Gasteiger partial charge in [0.05, 0.1) is 0 Å². The van der Waals surface area contributed by atoms with E-state index in [4.69, 9.17) is 0 Å². The summed E-state index contributed by atoms with van der Waals surface area (Å²) in [5, 5.41) is 0. The fraction of sp³-hybridized carbons (Fsp3) is 0.0769. The third-order valence-electron chi connectivity index (χ3n) is 2.48. The van der Waals surface area contributed by atoms with Crippen LogP contribution in [-0.4, -0.2) is 7.27 Å². The van der Waals surface area contributed by atoms with Gasteiger partial charge < -0.3 is 0 Å². The summed E-state index contributed by atoms with van der Waals surface area (Å²) in [7, 11) is -2.38. The highest BCUT2D eigenvalue weighted by molar-refractivity contribution is 6.59. The molecule has 0 N–H and O–H groups in total. The minimum atomic E-state index is -2.38. The summed E-state index contributed by atoms with van der Waals surface area (Å²) < 4.78 is 24.7. The molecule has 0 saturated carbocycles. The smallest absolute Gasteiger partial charge is 0.281 e. The first-order chi connectivity index (χ1) is 7.75. The predicted octanol–water partition coefficient (Wildman–Crippen LogP) is 2.91. The van der Waals surface area contributed by atoms with E-state index in [1.807, 2.05) is 30.3 Å². The average molecular weight is 216 g/mol. The lowest BCUT2D eigenvalue weighted by Crippen LogP contribution is -2.19. The van der Waals surface area contributed by atoms with Crippen LogP contribution in [0.15, 0.2) is 54.6 Å². The van der Waals surface area contributed by atoms with Crippen LogP contribution in [0.1, 0.15) is 11.1 Å². The van der Waals surface area contributed by atoms with Crippen LogP contribution < -0.4 is 5.46 Å². The van der Waals surface area contributed by atoms with Gasteiger partial charge in [-0.15, -0.1) is 0 Å². The molecule has 0 heterocycles. The summed E-state index contributed by atoms with van der Waals surface area (Å²) in [6.07, 6.45) is 0.782. The van der Waals surface area contributed by atoms with Gasteiger partial charge in [0, 0.05) is 0 Å². The second kappa shape index (κ2) is 4.93. The minimum Gasteiger partial charge on any atom is -0.281 e. The molecule has 2 rings (SSSR count). The molecule has 0 bridgehead atoms. The van der Waals surface area contributed by atoms with Crippen molar-refractivity contribution in [3.05, 3.63) is 65.7 Å². The summed E-state index contributed by atoms with van der Waals surface area (Å²) in [4.78, 5) is 0. The Morgan fingerprint density at radius 1 is 0.750 bits per heavy atom. The molecular weight excluding hydrogens is 205 g/mol. The SMILES string of the molecule is FB(F)c1ccc(Cc2ccccc2)cc1. The van der Waals surface area contributed by atoms with E-state index in [0.717, 1.165) is 12.0 Å². The van der Waals surface area contributed by atoms with E-state index in [1.165, 1.54) is 17.7 Å². The van der Waals surface area contributed by atoms with Crippen LogP contribution in [0.4, 0.5) is 8.63 Å². The number of benzene rings is 2. The number of hydrogen-bond acceptors (Lipinski definition) is 0. The molecule has 0 amide bonds. The molecule has 0 aliphatic rings. The van der Waals surface area contributed by atoms with Crippen LogP contribution in [0.2, 0.25) is 0 Å². The maximum Gasteiger partial charge on any atom is 0.571 e. The molecule has 0 fully saturated rings. The maximum atomic E-state index is 12.3. The first-order valence-corrected chi connectivity index (χ1v) is 5.16. The molecule has 0 radical (unpaired) electrons. The number of hydrogen-bond donors (Lipinski definition) is 0. The van der Waals surface area contributed by atoms with Gasteiger partial charge in [-0.25, -0.2) is 0 Å². The van der Waals surface area contributed by atoms with Gasteiger partial charge in [-0.3, -0.25) is 8.63 Å². The van der Waals surface area contributed by atoms with E-state index in [1.54, 1.807) is 12.1 Å². The van der Waals surface area contributed by atoms with Crippen LogP contribution in [0.3, 0.4) is 0 Å². The van der Waals surface area contributed by atoms with Gasteiger partial charge in [0.25, 0.3) is 0 Å². The topological polar surface area (TPSA) is 0 Å². The molecule has 2 aromatic rings. The van der Waals surface area contributed by atoms with Crippen LogP contribution in [0.5, 0.6) is 0 Å². The first kappa shape index (κ1) is 10.9. The Hall–Kier alpha value is -1.64. The third-order valence-corrected chi connectivity index (χ3v) is 2.48. The fourth-order valence-electron chi connectivity index (χ4n) is 1.61. The highest BCUT2D eigenvalue weighted by atomic mass is 19.2. The highest BCUT2D eigenvalue weighted by Crippen LogP contribution is 2.08. The lowest BCUT2D eigenvalue weighted by Gasteiger charge is -2.02. The van der Waals surface area contributed by atoms with Crippen molar-refractivity contribution in [2.75, 3.05) is 0 Å². The van der Waals surface area contributed by atoms with Crippen molar-refractivity contribution in [3.8, 4) is 0 Å². The zero-order valence-electron chi connectivity index (χ0n) is 8.74. The molecule has 0 aromatic heterocycles. The highest BCUT2D eigenvalue weighted by Gasteiger charge is 2.14. The van der Waals surface area contributed by atoms with Gasteiger partial charge in [-0.05, 0) is 23.0 Å². The van der Waals surface area contributed by atoms with Crippen molar-refractivity contribution in [1.29, 1.82) is 0 Å². The average Bonchev–Trinajstić information content (AvgIpc) is 2.31. The van der Waals surface area contributed by atoms with Crippen molar-refractivity contribution in [2.45, 2.75) is 6.42 Å². The molecule has 0 spiro atoms. The summed E-state index contributed by atoms with van der Waals surface area (Å²) in [6.45, 7) is 0. The largest absolute Gasteiger partial charge is 0.571 e. The van der Waals surface area contributed by atoms with Gasteiger partial charge in [-0.2, -0.15) is 0 Å². The van der Waals surface area contributed by atoms with Crippen molar-refractivity contribution in [3.63, 3.8) is 0 Å². The van der Waals surface area contributed by atoms with E-state index >= 15 is 0 Å². The molecular formula is C13H11BF2. The molecule has 2 aromatic carbocycles. The fourth-order valence-corrected chi connectivity index (χ4v) is 1.61. The van der Waals surface area contributed by atoms with Crippen LogP contribution >= 0.6 is 0 Å². The molecule has 0 aliphatic carbocycles. The van der Waals surface area contributed by atoms with Crippen LogP contribution in [0.25, 0.3) is 0 Å². The van der Waals surface area contributed by atoms with E-state index < -0.39 is 7.27 Å². The zero-order valence-corrected chi connectivity index (χ0v) is 8.74. The van der Waals surface area contributed by atoms with Gasteiger partial charge in [0.1, 0.15) is 0 Å². The summed E-state index contributed by atoms with van der Waals surface area (Å²) in [5.41, 5.74) is 2.32. The number of rotatable bonds is 3. The zero-order chi connectivity index (χ0) is 11.4. The lowest BCUT2D eigenvalue weighted by atomic mass is 9.85. The Morgan fingerprint density at radius 3 is 1.88 bits per heavy atom. The van der Waals surface area contributed by atoms with Gasteiger partial charge in [-0.1, -0.05) is 54.6 Å². The third kappa shape index (κ3) is 2.69. The van der Waals surface area contributed by atoms with Crippen molar-refractivity contribution in [2.24, 2.45) is 0 Å². The van der Waals surface area contributed by atoms with E-state index in [-0.39, 0.29) is 5.46 Å². The normalized spacial score (nSPS) is 10.1. The Kier molecular flexibility index (Phi) is 3.35. The molecule has 0 saturated heterocycles. The maximum absolute atomic E-state index is 12.3. The van der Waals surface area contributed by atoms with Crippen molar-refractivity contribution >= 4 is 12.7 Å². The Balaban J connectivity index is 2.11. The molecule has 16 heavy (non-hydrogen) atoms. The lowest BCUT2D eigenvalue weighted by molar-refractivity contribution is 0.685. The Morgan fingerprint density at radius 2 is 1.31 bits per heavy atom. The van der Waals surface area contributed by atoms with Crippen LogP contribution in [-0.2, 0) is 6.42 Å². The quantitative estimate of drug-likeness (QED) is 0.692. The molecule has 80 valence electrons. The second-order valence-corrected chi connectivity index (χ2v) is 3.70. The molecule has 0 atom stereocenters. The Labute approximate surface area is 94.1 Å². The van der Waals surface area contributed by atoms with Gasteiger partial charge >= 0.3 is 7.27 Å². The Bertz CT molecular complexity index is 437. The van der Waals surface area contributed by atoms with E-state index in [0.29, 0.717) is 0 Å². The first-order valence-electron chi connectivity index (χ1n) is 5.16. The standard InChI is InChI=1S/C13H11BF2/c15-14(16)13-8-6-12(7-9-13)10-11-4-2-1-3-5-11/h1-9H,10H2. The number of halogens is 2. The predicted molar refractivity (Wildman–Crippen MR) is 63.3 cm³/mol. The summed E-state index contributed by atoms with van der Waals surface area (Å²) >= 11 is 0.